The van der Waals surface area contributed by atoms with E-state index in [0.29, 0.717) is 18.7 Å². The number of carbonyl (C=O) groups is 2. The number of nitrogens with one attached hydrogen (secondary N) is 2. The first kappa shape index (κ1) is 14.0. The van der Waals surface area contributed by atoms with E-state index in [1.54, 1.807) is 24.1 Å². The fourth-order valence-corrected chi connectivity index (χ4v) is 1.44. The summed E-state index contributed by atoms with van der Waals surface area (Å²) in [6, 6.07) is -0.277. The van der Waals surface area contributed by atoms with Gasteiger partial charge in [0.2, 0.25) is 0 Å². The van der Waals surface area contributed by atoms with E-state index in [4.69, 9.17) is 5.11 Å². The van der Waals surface area contributed by atoms with Crippen LogP contribution in [-0.2, 0) is 11.8 Å². The van der Waals surface area contributed by atoms with Crippen LogP contribution in [0.25, 0.3) is 0 Å². The number of carbonyl (C=O) groups excluding carboxylic acids is 1. The maximum Gasteiger partial charge on any atom is 0.319 e. The molecule has 0 aromatic carbocycles. The molecule has 0 fully saturated rings. The van der Waals surface area contributed by atoms with Gasteiger partial charge in [0, 0.05) is 26.2 Å². The van der Waals surface area contributed by atoms with Crippen molar-refractivity contribution in [2.75, 3.05) is 11.9 Å². The van der Waals surface area contributed by atoms with Gasteiger partial charge >= 0.3 is 12.0 Å². The number of hydrogen-bond acceptors (Lipinski definition) is 3. The lowest BCUT2D eigenvalue weighted by Gasteiger charge is -2.05. The number of rotatable bonds is 7. The topological polar surface area (TPSA) is 96.2 Å². The Morgan fingerprint density at radius 2 is 2.17 bits per heavy atom. The van der Waals surface area contributed by atoms with E-state index in [1.807, 2.05) is 0 Å². The minimum absolute atomic E-state index is 0.182. The van der Waals surface area contributed by atoms with Crippen LogP contribution in [0.15, 0.2) is 12.4 Å². The fourth-order valence-electron chi connectivity index (χ4n) is 1.44. The smallest absolute Gasteiger partial charge is 0.319 e. The molecule has 1 aromatic heterocycles. The molecular formula is C11H18N4O3. The van der Waals surface area contributed by atoms with Gasteiger partial charge in [-0.25, -0.2) is 4.79 Å². The van der Waals surface area contributed by atoms with Crippen molar-refractivity contribution in [1.82, 2.24) is 15.1 Å². The Kier molecular flexibility index (Phi) is 5.69. The van der Waals surface area contributed by atoms with Crippen molar-refractivity contribution in [1.29, 1.82) is 0 Å². The van der Waals surface area contributed by atoms with Crippen LogP contribution in [0.2, 0.25) is 0 Å². The summed E-state index contributed by atoms with van der Waals surface area (Å²) in [5, 5.41) is 17.7. The number of aryl methyl sites for hydroxylation is 1. The highest BCUT2D eigenvalue weighted by Crippen LogP contribution is 2.03. The van der Waals surface area contributed by atoms with Gasteiger partial charge in [-0.1, -0.05) is 6.42 Å². The molecule has 3 N–H and O–H groups in total. The van der Waals surface area contributed by atoms with E-state index in [2.05, 4.69) is 15.7 Å². The number of aromatic nitrogens is 2. The minimum Gasteiger partial charge on any atom is -0.481 e. The van der Waals surface area contributed by atoms with Gasteiger partial charge in [-0.3, -0.25) is 9.48 Å². The fraction of sp³-hybridized carbons (Fsp3) is 0.545. The van der Waals surface area contributed by atoms with Crippen LogP contribution in [-0.4, -0.2) is 33.4 Å². The number of carboxylic acids is 1. The van der Waals surface area contributed by atoms with Crippen LogP contribution in [0.1, 0.15) is 25.7 Å². The molecule has 0 aliphatic heterocycles. The van der Waals surface area contributed by atoms with E-state index in [-0.39, 0.29) is 12.5 Å². The summed E-state index contributed by atoms with van der Waals surface area (Å²) in [6.07, 6.45) is 5.65. The lowest BCUT2D eigenvalue weighted by atomic mass is 10.2. The maximum absolute atomic E-state index is 11.4. The highest BCUT2D eigenvalue weighted by molar-refractivity contribution is 5.88. The summed E-state index contributed by atoms with van der Waals surface area (Å²) in [5.74, 6) is -0.780. The summed E-state index contributed by atoms with van der Waals surface area (Å²) in [6.45, 7) is 0.533. The third-order valence-electron chi connectivity index (χ3n) is 2.32. The van der Waals surface area contributed by atoms with Gasteiger partial charge in [0.15, 0.2) is 0 Å². The minimum atomic E-state index is -0.780. The summed E-state index contributed by atoms with van der Waals surface area (Å²) in [7, 11) is 1.77. The van der Waals surface area contributed by atoms with Gasteiger partial charge in [0.1, 0.15) is 0 Å². The number of carboxylic acid groups (broad SMARTS) is 1. The Hall–Kier alpha value is -2.05. The molecule has 18 heavy (non-hydrogen) atoms. The number of amides is 2. The van der Waals surface area contributed by atoms with E-state index >= 15 is 0 Å². The molecule has 100 valence electrons. The Morgan fingerprint density at radius 3 is 2.78 bits per heavy atom. The van der Waals surface area contributed by atoms with E-state index < -0.39 is 5.97 Å². The number of anilines is 1. The number of hydrogen-bond donors (Lipinski definition) is 3. The first-order valence-electron chi connectivity index (χ1n) is 5.83. The number of aliphatic carboxylic acids is 1. The number of urea groups is 1. The molecule has 0 saturated carbocycles. The lowest BCUT2D eigenvalue weighted by Crippen LogP contribution is -2.29. The zero-order chi connectivity index (χ0) is 13.4. The quantitative estimate of drug-likeness (QED) is 0.637. The predicted molar refractivity (Wildman–Crippen MR) is 66.3 cm³/mol. The molecule has 0 aliphatic carbocycles. The predicted octanol–water partition coefficient (Wildman–Crippen LogP) is 1.19. The van der Waals surface area contributed by atoms with Crippen molar-refractivity contribution in [2.24, 2.45) is 7.05 Å². The van der Waals surface area contributed by atoms with Gasteiger partial charge in [-0.15, -0.1) is 0 Å². The molecule has 0 spiro atoms. The van der Waals surface area contributed by atoms with E-state index in [9.17, 15) is 9.59 Å². The van der Waals surface area contributed by atoms with Gasteiger partial charge < -0.3 is 15.7 Å². The van der Waals surface area contributed by atoms with Crippen LogP contribution in [0.4, 0.5) is 10.5 Å². The zero-order valence-corrected chi connectivity index (χ0v) is 10.3. The summed E-state index contributed by atoms with van der Waals surface area (Å²) < 4.78 is 1.60. The highest BCUT2D eigenvalue weighted by atomic mass is 16.4. The average Bonchev–Trinajstić information content (AvgIpc) is 2.68. The Bertz CT molecular complexity index is 403. The van der Waals surface area contributed by atoms with Crippen molar-refractivity contribution >= 4 is 17.7 Å². The molecule has 0 atom stereocenters. The lowest BCUT2D eigenvalue weighted by molar-refractivity contribution is -0.137. The van der Waals surface area contributed by atoms with Crippen molar-refractivity contribution in [3.8, 4) is 0 Å². The van der Waals surface area contributed by atoms with Crippen LogP contribution >= 0.6 is 0 Å². The molecule has 7 heteroatoms. The number of nitrogens with zero attached hydrogens (tertiary/aromatic N) is 2. The van der Waals surface area contributed by atoms with Crippen molar-refractivity contribution in [3.63, 3.8) is 0 Å². The standard InChI is InChI=1S/C11H18N4O3/c1-15-8-9(7-13-15)14-11(18)12-6-4-2-3-5-10(16)17/h7-8H,2-6H2,1H3,(H,16,17)(H2,12,14,18). The maximum atomic E-state index is 11.4. The van der Waals surface area contributed by atoms with Crippen molar-refractivity contribution in [2.45, 2.75) is 25.7 Å². The highest BCUT2D eigenvalue weighted by Gasteiger charge is 2.02. The molecule has 0 aliphatic rings. The second-order valence-corrected chi connectivity index (χ2v) is 3.99. The van der Waals surface area contributed by atoms with Crippen LogP contribution < -0.4 is 10.6 Å². The first-order valence-corrected chi connectivity index (χ1v) is 5.83. The molecule has 1 heterocycles. The molecule has 2 amide bonds. The van der Waals surface area contributed by atoms with Crippen LogP contribution in [0.3, 0.4) is 0 Å². The van der Waals surface area contributed by atoms with Gasteiger partial charge in [-0.2, -0.15) is 5.10 Å². The molecule has 0 bridgehead atoms. The summed E-state index contributed by atoms with van der Waals surface area (Å²) in [4.78, 5) is 21.7. The Balaban J connectivity index is 2.05. The van der Waals surface area contributed by atoms with E-state index in [0.717, 1.165) is 12.8 Å². The van der Waals surface area contributed by atoms with Crippen molar-refractivity contribution < 1.29 is 14.7 Å². The Labute approximate surface area is 105 Å². The molecule has 0 radical (unpaired) electrons. The Morgan fingerprint density at radius 1 is 1.39 bits per heavy atom. The van der Waals surface area contributed by atoms with Gasteiger partial charge in [0.25, 0.3) is 0 Å². The largest absolute Gasteiger partial charge is 0.481 e. The third kappa shape index (κ3) is 5.88. The normalized spacial score (nSPS) is 10.1. The molecular weight excluding hydrogens is 236 g/mol. The molecule has 1 aromatic rings. The molecule has 7 nitrogen and oxygen atoms in total. The first-order chi connectivity index (χ1) is 8.58. The van der Waals surface area contributed by atoms with Gasteiger partial charge in [-0.05, 0) is 12.8 Å². The average molecular weight is 254 g/mol. The van der Waals surface area contributed by atoms with Crippen molar-refractivity contribution in [3.05, 3.63) is 12.4 Å². The molecule has 0 saturated heterocycles. The van der Waals surface area contributed by atoms with Crippen LogP contribution in [0.5, 0.6) is 0 Å². The zero-order valence-electron chi connectivity index (χ0n) is 10.3. The second-order valence-electron chi connectivity index (χ2n) is 3.99. The third-order valence-corrected chi connectivity index (χ3v) is 2.32. The molecule has 1 rings (SSSR count). The monoisotopic (exact) mass is 254 g/mol. The summed E-state index contributed by atoms with van der Waals surface area (Å²) >= 11 is 0. The second kappa shape index (κ2) is 7.31. The summed E-state index contributed by atoms with van der Waals surface area (Å²) in [5.41, 5.74) is 0.640. The molecule has 0 unspecified atom stereocenters. The van der Waals surface area contributed by atoms with Gasteiger partial charge in [0.05, 0.1) is 11.9 Å². The van der Waals surface area contributed by atoms with E-state index in [1.165, 1.54) is 0 Å². The van der Waals surface area contributed by atoms with Crippen LogP contribution in [0, 0.1) is 0 Å². The number of unbranched alkanes of at least 4 members (excludes halogenated alkanes) is 2. The SMILES string of the molecule is Cn1cc(NC(=O)NCCCCCC(=O)O)cn1.